The highest BCUT2D eigenvalue weighted by Gasteiger charge is 2.03. The third-order valence-corrected chi connectivity index (χ3v) is 1.55. The highest BCUT2D eigenvalue weighted by Crippen LogP contribution is 1.85. The lowest BCUT2D eigenvalue weighted by atomic mass is 10.7. The second-order valence-electron chi connectivity index (χ2n) is 1.34. The second-order valence-corrected chi connectivity index (χ2v) is 3.32. The summed E-state index contributed by atoms with van der Waals surface area (Å²) in [6.07, 6.45) is 1.96. The summed E-state index contributed by atoms with van der Waals surface area (Å²) in [5, 5.41) is 6.25. The van der Waals surface area contributed by atoms with Crippen LogP contribution in [0, 0.1) is 5.41 Å². The number of hydrogen-bond donors (Lipinski definition) is 1. The fourth-order valence-corrected chi connectivity index (χ4v) is 0.454. The van der Waals surface area contributed by atoms with Crippen molar-refractivity contribution in [2.75, 3.05) is 6.26 Å². The molecule has 4 heteroatoms. The van der Waals surface area contributed by atoms with E-state index in [4.69, 9.17) is 5.41 Å². The molecule has 0 rings (SSSR count). The Labute approximate surface area is 48.5 Å². The van der Waals surface area contributed by atoms with E-state index >= 15 is 0 Å². The van der Waals surface area contributed by atoms with Gasteiger partial charge in [-0.05, 0) is 6.08 Å². The van der Waals surface area contributed by atoms with E-state index in [0.717, 1.165) is 12.3 Å². The highest BCUT2D eigenvalue weighted by atomic mass is 32.2. The van der Waals surface area contributed by atoms with Gasteiger partial charge >= 0.3 is 0 Å². The van der Waals surface area contributed by atoms with Crippen molar-refractivity contribution in [3.05, 3.63) is 12.7 Å². The molecule has 0 aromatic rings. The Hall–Kier alpha value is -0.640. The van der Waals surface area contributed by atoms with Gasteiger partial charge in [-0.25, -0.2) is 8.42 Å². The smallest absolute Gasteiger partial charge is 0.192 e. The van der Waals surface area contributed by atoms with Crippen LogP contribution in [0.15, 0.2) is 12.7 Å². The van der Waals surface area contributed by atoms with Crippen molar-refractivity contribution in [1.29, 1.82) is 5.41 Å². The lowest BCUT2D eigenvalue weighted by Crippen LogP contribution is -2.06. The predicted molar refractivity (Wildman–Crippen MR) is 32.8 cm³/mol. The van der Waals surface area contributed by atoms with Gasteiger partial charge in [0.05, 0.1) is 0 Å². The van der Waals surface area contributed by atoms with Gasteiger partial charge in [0.15, 0.2) is 9.84 Å². The van der Waals surface area contributed by atoms with E-state index in [0.29, 0.717) is 0 Å². The lowest BCUT2D eigenvalue weighted by Gasteiger charge is -1.87. The van der Waals surface area contributed by atoms with Gasteiger partial charge in [0, 0.05) is 6.26 Å². The van der Waals surface area contributed by atoms with E-state index in [1.807, 2.05) is 0 Å². The van der Waals surface area contributed by atoms with Crippen LogP contribution in [0.5, 0.6) is 0 Å². The van der Waals surface area contributed by atoms with Crippen molar-refractivity contribution < 1.29 is 8.42 Å². The van der Waals surface area contributed by atoms with Crippen LogP contribution in [0.4, 0.5) is 0 Å². The van der Waals surface area contributed by atoms with E-state index in [1.54, 1.807) is 0 Å². The van der Waals surface area contributed by atoms with Gasteiger partial charge in [0.1, 0.15) is 5.04 Å². The SMILES string of the molecule is C=CC(=N)S(C)(=O)=O. The molecule has 0 fully saturated rings. The van der Waals surface area contributed by atoms with Crippen LogP contribution in [0.2, 0.25) is 0 Å². The predicted octanol–water partition coefficient (Wildman–Crippen LogP) is 0.194. The monoisotopic (exact) mass is 133 g/mol. The molecule has 46 valence electrons. The molecule has 1 N–H and O–H groups in total. The largest absolute Gasteiger partial charge is 0.290 e. The zero-order valence-corrected chi connectivity index (χ0v) is 5.33. The summed E-state index contributed by atoms with van der Waals surface area (Å²) < 4.78 is 20.5. The van der Waals surface area contributed by atoms with E-state index in [1.165, 1.54) is 0 Å². The molecule has 0 bridgehead atoms. The molecular formula is C4H7NO2S. The first kappa shape index (κ1) is 7.36. The van der Waals surface area contributed by atoms with Crippen molar-refractivity contribution in [3.8, 4) is 0 Å². The minimum absolute atomic E-state index is 0.433. The molecule has 0 amide bonds. The van der Waals surface area contributed by atoms with Gasteiger partial charge in [0.2, 0.25) is 0 Å². The maximum absolute atomic E-state index is 10.3. The molecule has 3 nitrogen and oxygen atoms in total. The molecule has 0 aliphatic rings. The molecule has 0 saturated carbocycles. The van der Waals surface area contributed by atoms with Gasteiger partial charge in [-0.2, -0.15) is 0 Å². The van der Waals surface area contributed by atoms with E-state index in [9.17, 15) is 8.42 Å². The van der Waals surface area contributed by atoms with Crippen molar-refractivity contribution in [1.82, 2.24) is 0 Å². The zero-order chi connectivity index (χ0) is 6.78. The quantitative estimate of drug-likeness (QED) is 0.410. The summed E-state index contributed by atoms with van der Waals surface area (Å²) >= 11 is 0. The minimum atomic E-state index is -3.29. The first-order valence-electron chi connectivity index (χ1n) is 1.89. The average molecular weight is 133 g/mol. The minimum Gasteiger partial charge on any atom is -0.290 e. The summed E-state index contributed by atoms with van der Waals surface area (Å²) in [4.78, 5) is 0. The summed E-state index contributed by atoms with van der Waals surface area (Å²) in [6, 6.07) is 0. The van der Waals surface area contributed by atoms with E-state index < -0.39 is 14.9 Å². The topological polar surface area (TPSA) is 58.0 Å². The summed E-state index contributed by atoms with van der Waals surface area (Å²) in [7, 11) is -3.29. The van der Waals surface area contributed by atoms with Gasteiger partial charge in [-0.15, -0.1) is 0 Å². The van der Waals surface area contributed by atoms with Crippen molar-refractivity contribution in [3.63, 3.8) is 0 Å². The maximum atomic E-state index is 10.3. The van der Waals surface area contributed by atoms with E-state index in [-0.39, 0.29) is 0 Å². The molecule has 0 radical (unpaired) electrons. The number of rotatable bonds is 1. The molecule has 0 aromatic carbocycles. The van der Waals surface area contributed by atoms with Crippen LogP contribution in [0.25, 0.3) is 0 Å². The van der Waals surface area contributed by atoms with Crippen LogP contribution in [-0.4, -0.2) is 19.7 Å². The van der Waals surface area contributed by atoms with E-state index in [2.05, 4.69) is 6.58 Å². The number of hydrogen-bond acceptors (Lipinski definition) is 3. The van der Waals surface area contributed by atoms with Gasteiger partial charge < -0.3 is 0 Å². The Bertz CT molecular complexity index is 202. The molecular weight excluding hydrogens is 126 g/mol. The Kier molecular flexibility index (Phi) is 1.92. The Morgan fingerprint density at radius 1 is 1.75 bits per heavy atom. The molecule has 0 aliphatic carbocycles. The molecule has 0 saturated heterocycles. The van der Waals surface area contributed by atoms with Crippen LogP contribution < -0.4 is 0 Å². The average Bonchev–Trinajstić information content (AvgIpc) is 1.62. The second kappa shape index (κ2) is 2.09. The Morgan fingerprint density at radius 2 is 2.12 bits per heavy atom. The van der Waals surface area contributed by atoms with Gasteiger partial charge in [-0.1, -0.05) is 6.58 Å². The van der Waals surface area contributed by atoms with Crippen molar-refractivity contribution in [2.45, 2.75) is 0 Å². The fraction of sp³-hybridized carbons (Fsp3) is 0.250. The number of sulfone groups is 1. The fourth-order valence-electron chi connectivity index (χ4n) is 0.151. The third-order valence-electron chi connectivity index (χ3n) is 0.585. The first-order valence-corrected chi connectivity index (χ1v) is 3.78. The lowest BCUT2D eigenvalue weighted by molar-refractivity contribution is 0.612. The van der Waals surface area contributed by atoms with Gasteiger partial charge in [0.25, 0.3) is 0 Å². The Morgan fingerprint density at radius 3 is 2.12 bits per heavy atom. The molecule has 0 atom stereocenters. The summed E-state index contributed by atoms with van der Waals surface area (Å²) in [5.74, 6) is 0. The van der Waals surface area contributed by atoms with Crippen LogP contribution >= 0.6 is 0 Å². The molecule has 0 aliphatic heterocycles. The number of nitrogens with one attached hydrogen (secondary N) is 1. The van der Waals surface area contributed by atoms with Crippen LogP contribution in [0.1, 0.15) is 0 Å². The zero-order valence-electron chi connectivity index (χ0n) is 4.51. The Balaban J connectivity index is 4.53. The molecule has 0 aromatic heterocycles. The summed E-state index contributed by atoms with van der Waals surface area (Å²) in [5.41, 5.74) is 0. The molecule has 0 unspecified atom stereocenters. The van der Waals surface area contributed by atoms with Crippen molar-refractivity contribution in [2.24, 2.45) is 0 Å². The molecule has 0 heterocycles. The standard InChI is InChI=1S/C4H7NO2S/c1-3-4(5)8(2,6)7/h3,5H,1H2,2H3. The first-order chi connectivity index (χ1) is 3.48. The van der Waals surface area contributed by atoms with Gasteiger partial charge in [-0.3, -0.25) is 5.41 Å². The van der Waals surface area contributed by atoms with Crippen molar-refractivity contribution >= 4 is 14.9 Å². The highest BCUT2D eigenvalue weighted by molar-refractivity contribution is 8.06. The molecule has 8 heavy (non-hydrogen) atoms. The third kappa shape index (κ3) is 1.88. The maximum Gasteiger partial charge on any atom is 0.192 e. The van der Waals surface area contributed by atoms with Crippen LogP contribution in [-0.2, 0) is 9.84 Å². The normalized spacial score (nSPS) is 10.6. The molecule has 0 spiro atoms. The van der Waals surface area contributed by atoms with Crippen LogP contribution in [0.3, 0.4) is 0 Å². The summed E-state index contributed by atoms with van der Waals surface area (Å²) in [6.45, 7) is 3.12.